The quantitative estimate of drug-likeness (QED) is 0.661. The molecular weight excluding hydrogens is 392 g/mol. The highest BCUT2D eigenvalue weighted by Crippen LogP contribution is 2.33. The third kappa shape index (κ3) is 8.00. The van der Waals surface area contributed by atoms with Gasteiger partial charge in [0.1, 0.15) is 0 Å². The molecule has 3 fully saturated rings. The normalized spacial score (nSPS) is 18.9. The van der Waals surface area contributed by atoms with Crippen molar-refractivity contribution in [2.24, 2.45) is 17.8 Å². The van der Waals surface area contributed by atoms with Gasteiger partial charge in [0.15, 0.2) is 0 Å². The minimum absolute atomic E-state index is 0.0137. The Morgan fingerprint density at radius 1 is 0.935 bits per heavy atom. The summed E-state index contributed by atoms with van der Waals surface area (Å²) in [7, 11) is 0. The topological polar surface area (TPSA) is 86.7 Å². The number of nitrogens with zero attached hydrogens (tertiary/aromatic N) is 1. The van der Waals surface area contributed by atoms with E-state index in [0.717, 1.165) is 44.5 Å². The van der Waals surface area contributed by atoms with Gasteiger partial charge in [-0.3, -0.25) is 14.4 Å². The molecule has 3 aliphatic rings. The van der Waals surface area contributed by atoms with Crippen LogP contribution in [-0.2, 0) is 14.4 Å². The smallest absolute Gasteiger partial charge is 0.303 e. The summed E-state index contributed by atoms with van der Waals surface area (Å²) in [5.74, 6) is 1.38. The Kier molecular flexibility index (Phi) is 8.10. The first-order valence-corrected chi connectivity index (χ1v) is 11.7. The van der Waals surface area contributed by atoms with Crippen LogP contribution < -0.4 is 5.32 Å². The molecular formula is C25H36N2O4. The Bertz CT molecular complexity index is 758. The van der Waals surface area contributed by atoms with E-state index < -0.39 is 5.97 Å². The maximum Gasteiger partial charge on any atom is 0.303 e. The van der Waals surface area contributed by atoms with Gasteiger partial charge in [-0.2, -0.15) is 0 Å². The first-order valence-electron chi connectivity index (χ1n) is 11.7. The molecule has 31 heavy (non-hydrogen) atoms. The predicted molar refractivity (Wildman–Crippen MR) is 121 cm³/mol. The molecule has 0 unspecified atom stereocenters. The van der Waals surface area contributed by atoms with Gasteiger partial charge in [0.25, 0.3) is 0 Å². The molecule has 170 valence electrons. The number of hydrogen-bond acceptors (Lipinski definition) is 3. The number of likely N-dealkylation sites (tertiary alicyclic amines) is 1. The van der Waals surface area contributed by atoms with Gasteiger partial charge in [0.2, 0.25) is 11.8 Å². The third-order valence-electron chi connectivity index (χ3n) is 6.38. The first kappa shape index (κ1) is 23.3. The molecule has 0 radical (unpaired) electrons. The zero-order chi connectivity index (χ0) is 22.4. The minimum Gasteiger partial charge on any atom is -0.481 e. The van der Waals surface area contributed by atoms with E-state index in [4.69, 9.17) is 5.11 Å². The van der Waals surface area contributed by atoms with E-state index in [1.165, 1.54) is 18.4 Å². The number of anilines is 1. The molecule has 2 amide bonds. The molecule has 1 aliphatic heterocycles. The Morgan fingerprint density at radius 2 is 1.48 bits per heavy atom. The molecule has 2 N–H and O–H groups in total. The van der Waals surface area contributed by atoms with Crippen LogP contribution in [0.4, 0.5) is 5.69 Å². The molecule has 6 nitrogen and oxygen atoms in total. The van der Waals surface area contributed by atoms with Crippen molar-refractivity contribution >= 4 is 23.5 Å². The summed E-state index contributed by atoms with van der Waals surface area (Å²) in [5.41, 5.74) is 2.13. The van der Waals surface area contributed by atoms with Crippen LogP contribution >= 0.6 is 0 Å². The number of rotatable bonds is 7. The number of aliphatic carboxylic acids is 1. The van der Waals surface area contributed by atoms with Crippen molar-refractivity contribution in [1.29, 1.82) is 0 Å². The molecule has 1 saturated heterocycles. The highest BCUT2D eigenvalue weighted by atomic mass is 16.4. The monoisotopic (exact) mass is 428 g/mol. The maximum absolute atomic E-state index is 12.4. The molecule has 1 aromatic rings. The predicted octanol–water partition coefficient (Wildman–Crippen LogP) is 4.66. The van der Waals surface area contributed by atoms with Gasteiger partial charge in [-0.15, -0.1) is 0 Å². The molecule has 1 heterocycles. The van der Waals surface area contributed by atoms with E-state index >= 15 is 0 Å². The SMILES string of the molecule is CC(C)c1ccc(NC(=O)C2CCN(C(=O)CC3CC3)CC2)cc1.O=C(O)CC1CC1. The van der Waals surface area contributed by atoms with Gasteiger partial charge < -0.3 is 15.3 Å². The van der Waals surface area contributed by atoms with Crippen molar-refractivity contribution < 1.29 is 19.5 Å². The highest BCUT2D eigenvalue weighted by Gasteiger charge is 2.31. The summed E-state index contributed by atoms with van der Waals surface area (Å²) in [4.78, 5) is 36.4. The highest BCUT2D eigenvalue weighted by molar-refractivity contribution is 5.92. The molecule has 0 atom stereocenters. The van der Waals surface area contributed by atoms with Crippen molar-refractivity contribution in [3.8, 4) is 0 Å². The summed E-state index contributed by atoms with van der Waals surface area (Å²) >= 11 is 0. The summed E-state index contributed by atoms with van der Waals surface area (Å²) in [5, 5.41) is 11.1. The number of carboxylic acids is 1. The van der Waals surface area contributed by atoms with Crippen LogP contribution in [0.3, 0.4) is 0 Å². The lowest BCUT2D eigenvalue weighted by atomic mass is 9.95. The van der Waals surface area contributed by atoms with E-state index in [2.05, 4.69) is 31.3 Å². The molecule has 0 aromatic heterocycles. The Morgan fingerprint density at radius 3 is 1.94 bits per heavy atom. The van der Waals surface area contributed by atoms with Crippen molar-refractivity contribution in [3.05, 3.63) is 29.8 Å². The number of carboxylic acid groups (broad SMARTS) is 1. The van der Waals surface area contributed by atoms with Crippen molar-refractivity contribution in [2.45, 2.75) is 71.1 Å². The molecule has 0 spiro atoms. The van der Waals surface area contributed by atoms with Crippen LogP contribution in [0.15, 0.2) is 24.3 Å². The van der Waals surface area contributed by atoms with Gasteiger partial charge in [0, 0.05) is 37.5 Å². The summed E-state index contributed by atoms with van der Waals surface area (Å²) < 4.78 is 0. The van der Waals surface area contributed by atoms with Crippen molar-refractivity contribution in [1.82, 2.24) is 4.90 Å². The summed E-state index contributed by atoms with van der Waals surface area (Å²) in [6, 6.07) is 8.09. The molecule has 2 saturated carbocycles. The number of piperidine rings is 1. The Hall–Kier alpha value is -2.37. The lowest BCUT2D eigenvalue weighted by Gasteiger charge is -2.31. The third-order valence-corrected chi connectivity index (χ3v) is 6.38. The molecule has 2 aliphatic carbocycles. The average Bonchev–Trinajstić information content (AvgIpc) is 3.66. The zero-order valence-corrected chi connectivity index (χ0v) is 18.8. The van der Waals surface area contributed by atoms with Crippen LogP contribution in [0.25, 0.3) is 0 Å². The molecule has 4 rings (SSSR count). The van der Waals surface area contributed by atoms with Gasteiger partial charge in [-0.05, 0) is 74.0 Å². The van der Waals surface area contributed by atoms with Crippen LogP contribution in [0.2, 0.25) is 0 Å². The van der Waals surface area contributed by atoms with Crippen molar-refractivity contribution in [3.63, 3.8) is 0 Å². The number of carbonyl (C=O) groups is 3. The molecule has 0 bridgehead atoms. The van der Waals surface area contributed by atoms with E-state index in [-0.39, 0.29) is 17.7 Å². The number of nitrogens with one attached hydrogen (secondary N) is 1. The van der Waals surface area contributed by atoms with Crippen molar-refractivity contribution in [2.75, 3.05) is 18.4 Å². The van der Waals surface area contributed by atoms with E-state index in [1.54, 1.807) is 0 Å². The average molecular weight is 429 g/mol. The van der Waals surface area contributed by atoms with E-state index in [9.17, 15) is 14.4 Å². The second-order valence-corrected chi connectivity index (χ2v) is 9.61. The maximum atomic E-state index is 12.4. The van der Waals surface area contributed by atoms with Crippen LogP contribution in [0.5, 0.6) is 0 Å². The van der Waals surface area contributed by atoms with Crippen LogP contribution in [0.1, 0.15) is 76.7 Å². The summed E-state index contributed by atoms with van der Waals surface area (Å²) in [6.07, 6.45) is 7.32. The largest absolute Gasteiger partial charge is 0.481 e. The van der Waals surface area contributed by atoms with E-state index in [1.807, 2.05) is 17.0 Å². The molecule has 6 heteroatoms. The van der Waals surface area contributed by atoms with Gasteiger partial charge >= 0.3 is 5.97 Å². The van der Waals surface area contributed by atoms with Gasteiger partial charge in [-0.25, -0.2) is 0 Å². The first-order chi connectivity index (χ1) is 14.8. The number of hydrogen-bond donors (Lipinski definition) is 2. The number of benzene rings is 1. The van der Waals surface area contributed by atoms with Crippen LogP contribution in [-0.4, -0.2) is 40.9 Å². The Balaban J connectivity index is 0.000000330. The fourth-order valence-electron chi connectivity index (χ4n) is 3.85. The van der Waals surface area contributed by atoms with Crippen LogP contribution in [0, 0.1) is 17.8 Å². The second-order valence-electron chi connectivity index (χ2n) is 9.61. The van der Waals surface area contributed by atoms with E-state index in [0.29, 0.717) is 30.6 Å². The van der Waals surface area contributed by atoms with Gasteiger partial charge in [-0.1, -0.05) is 26.0 Å². The standard InChI is InChI=1S/C20H28N2O2.C5H8O2/c1-14(2)16-5-7-18(8-6-16)21-20(24)17-9-11-22(12-10-17)19(23)13-15-3-4-15;6-5(7)3-4-1-2-4/h5-8,14-15,17H,3-4,9-13H2,1-2H3,(H,21,24);4H,1-3H2,(H,6,7). The lowest BCUT2D eigenvalue weighted by Crippen LogP contribution is -2.41. The lowest BCUT2D eigenvalue weighted by molar-refractivity contribution is -0.137. The zero-order valence-electron chi connectivity index (χ0n) is 18.8. The summed E-state index contributed by atoms with van der Waals surface area (Å²) in [6.45, 7) is 5.75. The fraction of sp³-hybridized carbons (Fsp3) is 0.640. The van der Waals surface area contributed by atoms with Gasteiger partial charge in [0.05, 0.1) is 0 Å². The second kappa shape index (κ2) is 10.8. The number of carbonyl (C=O) groups excluding carboxylic acids is 2. The molecule has 1 aromatic carbocycles. The Labute approximate surface area is 185 Å². The fourth-order valence-corrected chi connectivity index (χ4v) is 3.85. The number of amides is 2. The minimum atomic E-state index is -0.650.